The smallest absolute Gasteiger partial charge is 0.255 e. The highest BCUT2D eigenvalue weighted by atomic mass is 32.2. The van der Waals surface area contributed by atoms with Crippen molar-refractivity contribution in [1.29, 1.82) is 0 Å². The van der Waals surface area contributed by atoms with Crippen molar-refractivity contribution in [1.82, 2.24) is 4.90 Å². The summed E-state index contributed by atoms with van der Waals surface area (Å²) < 4.78 is 5.27. The predicted molar refractivity (Wildman–Crippen MR) is 82.5 cm³/mol. The number of benzene rings is 1. The van der Waals surface area contributed by atoms with Crippen LogP contribution in [0, 0.1) is 5.92 Å². The van der Waals surface area contributed by atoms with E-state index in [0.29, 0.717) is 17.9 Å². The number of amides is 1. The average molecular weight is 291 g/mol. The Morgan fingerprint density at radius 2 is 2.15 bits per heavy atom. The largest absolute Gasteiger partial charge is 0.497 e. The van der Waals surface area contributed by atoms with Crippen LogP contribution in [0.4, 0.5) is 0 Å². The van der Waals surface area contributed by atoms with E-state index >= 15 is 0 Å². The van der Waals surface area contributed by atoms with Gasteiger partial charge in [0.15, 0.2) is 0 Å². The summed E-state index contributed by atoms with van der Waals surface area (Å²) in [7, 11) is 1.64. The Bertz CT molecular complexity index is 543. The molecule has 0 saturated carbocycles. The van der Waals surface area contributed by atoms with Crippen LogP contribution in [0.15, 0.2) is 18.2 Å². The minimum atomic E-state index is 0.172. The molecule has 0 radical (unpaired) electrons. The van der Waals surface area contributed by atoms with Gasteiger partial charge in [-0.15, -0.1) is 11.8 Å². The van der Waals surface area contributed by atoms with Crippen LogP contribution >= 0.6 is 11.8 Å². The summed E-state index contributed by atoms with van der Waals surface area (Å²) in [4.78, 5) is 15.0. The highest BCUT2D eigenvalue weighted by Crippen LogP contribution is 2.46. The molecular weight excluding hydrogens is 270 g/mol. The third kappa shape index (κ3) is 1.93. The summed E-state index contributed by atoms with van der Waals surface area (Å²) >= 11 is 1.92. The summed E-state index contributed by atoms with van der Waals surface area (Å²) in [5, 5.41) is 0.288. The third-order valence-corrected chi connectivity index (χ3v) is 5.99. The van der Waals surface area contributed by atoms with E-state index in [1.807, 2.05) is 23.9 Å². The second kappa shape index (κ2) is 4.99. The maximum Gasteiger partial charge on any atom is 0.255 e. The van der Waals surface area contributed by atoms with Gasteiger partial charge in [0.2, 0.25) is 0 Å². The Hall–Kier alpha value is -1.16. The zero-order valence-electron chi connectivity index (χ0n) is 12.4. The zero-order chi connectivity index (χ0) is 14.4. The molecule has 1 saturated heterocycles. The van der Waals surface area contributed by atoms with Gasteiger partial charge in [0, 0.05) is 23.3 Å². The first-order valence-electron chi connectivity index (χ1n) is 7.16. The Labute approximate surface area is 124 Å². The number of hydrogen-bond donors (Lipinski definition) is 0. The van der Waals surface area contributed by atoms with Gasteiger partial charge < -0.3 is 9.64 Å². The van der Waals surface area contributed by atoms with Gasteiger partial charge in [-0.2, -0.15) is 0 Å². The molecule has 0 aliphatic carbocycles. The minimum absolute atomic E-state index is 0.172. The second-order valence-corrected chi connectivity index (χ2v) is 7.14. The molecule has 3 atom stereocenters. The SMILES string of the molecule is COc1ccc2c(c1)C(=O)N1[C@@H](C(C)C)CS[C@@H]1[C@@H]2C. The predicted octanol–water partition coefficient (Wildman–Crippen LogP) is 3.35. The van der Waals surface area contributed by atoms with Crippen LogP contribution in [-0.2, 0) is 0 Å². The van der Waals surface area contributed by atoms with Crippen molar-refractivity contribution in [3.8, 4) is 5.75 Å². The van der Waals surface area contributed by atoms with Crippen LogP contribution in [0.2, 0.25) is 0 Å². The molecule has 2 aliphatic heterocycles. The first-order chi connectivity index (χ1) is 9.54. The van der Waals surface area contributed by atoms with Crippen LogP contribution in [-0.4, -0.2) is 35.1 Å². The van der Waals surface area contributed by atoms with Crippen LogP contribution in [0.25, 0.3) is 0 Å². The van der Waals surface area contributed by atoms with Crippen molar-refractivity contribution in [2.45, 2.75) is 38.1 Å². The van der Waals surface area contributed by atoms with Gasteiger partial charge in [0.25, 0.3) is 5.91 Å². The second-order valence-electron chi connectivity index (χ2n) is 5.99. The molecule has 2 aliphatic rings. The summed E-state index contributed by atoms with van der Waals surface area (Å²) in [5.74, 6) is 2.85. The van der Waals surface area contributed by atoms with E-state index in [1.54, 1.807) is 7.11 Å². The molecule has 3 rings (SSSR count). The average Bonchev–Trinajstić information content (AvgIpc) is 2.89. The molecular formula is C16H21NO2S. The number of methoxy groups -OCH3 is 1. The number of carbonyl (C=O) groups is 1. The summed E-state index contributed by atoms with van der Waals surface area (Å²) in [6, 6.07) is 6.25. The highest BCUT2D eigenvalue weighted by molar-refractivity contribution is 8.00. The van der Waals surface area contributed by atoms with Gasteiger partial charge >= 0.3 is 0 Å². The lowest BCUT2D eigenvalue weighted by molar-refractivity contribution is 0.0605. The number of hydrogen-bond acceptors (Lipinski definition) is 3. The molecule has 0 N–H and O–H groups in total. The van der Waals surface area contributed by atoms with E-state index in [1.165, 1.54) is 0 Å². The number of nitrogens with zero attached hydrogens (tertiary/aromatic N) is 1. The first kappa shape index (κ1) is 13.8. The highest BCUT2D eigenvalue weighted by Gasteiger charge is 2.46. The lowest BCUT2D eigenvalue weighted by atomic mass is 9.88. The van der Waals surface area contributed by atoms with Crippen molar-refractivity contribution in [2.75, 3.05) is 12.9 Å². The molecule has 0 spiro atoms. The normalized spacial score (nSPS) is 28.6. The molecule has 20 heavy (non-hydrogen) atoms. The molecule has 2 heterocycles. The molecule has 4 heteroatoms. The summed E-state index contributed by atoms with van der Waals surface area (Å²) in [6.45, 7) is 6.63. The molecule has 1 aromatic rings. The lowest BCUT2D eigenvalue weighted by Gasteiger charge is -2.39. The summed E-state index contributed by atoms with van der Waals surface area (Å²) in [6.07, 6.45) is 0. The van der Waals surface area contributed by atoms with Gasteiger partial charge in [-0.25, -0.2) is 0 Å². The van der Waals surface area contributed by atoms with Crippen molar-refractivity contribution >= 4 is 17.7 Å². The van der Waals surface area contributed by atoms with Gasteiger partial charge in [0.1, 0.15) is 5.75 Å². The molecule has 1 fully saturated rings. The lowest BCUT2D eigenvalue weighted by Crippen LogP contribution is -2.48. The standard InChI is InChI=1S/C16H21NO2S/c1-9(2)14-8-20-16-10(3)12-6-5-11(19-4)7-13(12)15(18)17(14)16/h5-7,9-10,14,16H,8H2,1-4H3/t10-,14-,16-/m1/s1. The van der Waals surface area contributed by atoms with E-state index in [4.69, 9.17) is 4.74 Å². The third-order valence-electron chi connectivity index (χ3n) is 4.48. The maximum absolute atomic E-state index is 12.9. The van der Waals surface area contributed by atoms with Crippen LogP contribution in [0.1, 0.15) is 42.6 Å². The Balaban J connectivity index is 2.06. The van der Waals surface area contributed by atoms with Crippen LogP contribution in [0.5, 0.6) is 5.75 Å². The van der Waals surface area contributed by atoms with Crippen molar-refractivity contribution in [2.24, 2.45) is 5.92 Å². The van der Waals surface area contributed by atoms with Gasteiger partial charge in [-0.3, -0.25) is 4.79 Å². The molecule has 108 valence electrons. The Kier molecular flexibility index (Phi) is 3.44. The zero-order valence-corrected chi connectivity index (χ0v) is 13.2. The van der Waals surface area contributed by atoms with E-state index < -0.39 is 0 Å². The molecule has 0 aromatic heterocycles. The van der Waals surface area contributed by atoms with E-state index in [2.05, 4.69) is 31.7 Å². The van der Waals surface area contributed by atoms with Crippen molar-refractivity contribution in [3.63, 3.8) is 0 Å². The minimum Gasteiger partial charge on any atom is -0.497 e. The first-order valence-corrected chi connectivity index (χ1v) is 8.21. The molecule has 0 unspecified atom stereocenters. The summed E-state index contributed by atoms with van der Waals surface area (Å²) in [5.41, 5.74) is 1.98. The fraction of sp³-hybridized carbons (Fsp3) is 0.562. The van der Waals surface area contributed by atoms with Gasteiger partial charge in [-0.1, -0.05) is 26.8 Å². The van der Waals surface area contributed by atoms with Crippen molar-refractivity contribution < 1.29 is 9.53 Å². The molecule has 3 nitrogen and oxygen atoms in total. The van der Waals surface area contributed by atoms with Gasteiger partial charge in [-0.05, 0) is 23.6 Å². The topological polar surface area (TPSA) is 29.5 Å². The van der Waals surface area contributed by atoms with Crippen molar-refractivity contribution in [3.05, 3.63) is 29.3 Å². The fourth-order valence-corrected chi connectivity index (χ4v) is 5.04. The van der Waals surface area contributed by atoms with Crippen LogP contribution < -0.4 is 4.74 Å². The Morgan fingerprint density at radius 1 is 1.40 bits per heavy atom. The molecule has 1 aromatic carbocycles. The fourth-order valence-electron chi connectivity index (χ4n) is 3.25. The number of rotatable bonds is 2. The molecule has 0 bridgehead atoms. The van der Waals surface area contributed by atoms with Crippen LogP contribution in [0.3, 0.4) is 0 Å². The van der Waals surface area contributed by atoms with E-state index in [9.17, 15) is 4.79 Å². The molecule has 1 amide bonds. The van der Waals surface area contributed by atoms with E-state index in [0.717, 1.165) is 22.6 Å². The number of ether oxygens (including phenoxy) is 1. The number of fused-ring (bicyclic) bond motifs is 2. The number of carbonyl (C=O) groups excluding carboxylic acids is 1. The number of thioether (sulfide) groups is 1. The van der Waals surface area contributed by atoms with Gasteiger partial charge in [0.05, 0.1) is 12.5 Å². The Morgan fingerprint density at radius 3 is 2.80 bits per heavy atom. The quantitative estimate of drug-likeness (QED) is 0.837. The maximum atomic E-state index is 12.9. The van der Waals surface area contributed by atoms with E-state index in [-0.39, 0.29) is 11.3 Å². The monoisotopic (exact) mass is 291 g/mol.